The van der Waals surface area contributed by atoms with Gasteiger partial charge in [-0.2, -0.15) is 0 Å². The summed E-state index contributed by atoms with van der Waals surface area (Å²) < 4.78 is 11.3. The molecule has 1 heterocycles. The Morgan fingerprint density at radius 2 is 1.79 bits per heavy atom. The number of epoxide rings is 1. The Labute approximate surface area is 143 Å². The maximum absolute atomic E-state index is 12.4. The summed E-state index contributed by atoms with van der Waals surface area (Å²) in [6.07, 6.45) is 3.91. The number of ether oxygens (including phenoxy) is 2. The molecule has 4 rings (SSSR count). The number of hydrogen-bond donors (Lipinski definition) is 2. The van der Waals surface area contributed by atoms with E-state index in [1.807, 2.05) is 44.4 Å². The van der Waals surface area contributed by atoms with Crippen LogP contribution in [0.1, 0.15) is 30.7 Å². The van der Waals surface area contributed by atoms with Gasteiger partial charge in [0.05, 0.1) is 18.8 Å². The lowest BCUT2D eigenvalue weighted by atomic mass is 9.85. The third kappa shape index (κ3) is 3.63. The van der Waals surface area contributed by atoms with Crippen LogP contribution in [0.25, 0.3) is 0 Å². The first-order chi connectivity index (χ1) is 11.7. The summed E-state index contributed by atoms with van der Waals surface area (Å²) in [7, 11) is 3.75. The molecule has 2 bridgehead atoms. The van der Waals surface area contributed by atoms with E-state index in [1.165, 1.54) is 6.42 Å². The minimum atomic E-state index is -0.573. The van der Waals surface area contributed by atoms with Gasteiger partial charge in [-0.15, -0.1) is 0 Å². The molecule has 5 unspecified atom stereocenters. The first-order valence-corrected chi connectivity index (χ1v) is 8.78. The molecule has 1 aliphatic heterocycles. The van der Waals surface area contributed by atoms with Gasteiger partial charge in [0, 0.05) is 0 Å². The van der Waals surface area contributed by atoms with Crippen molar-refractivity contribution in [3.8, 4) is 0 Å². The average Bonchev–Trinajstić information content (AvgIpc) is 3.33. The summed E-state index contributed by atoms with van der Waals surface area (Å²) in [5.74, 6) is 0.257. The van der Waals surface area contributed by atoms with Crippen LogP contribution in [0.5, 0.6) is 0 Å². The van der Waals surface area contributed by atoms with Gasteiger partial charge in [-0.1, -0.05) is 30.3 Å². The van der Waals surface area contributed by atoms with Crippen molar-refractivity contribution in [1.29, 1.82) is 0 Å². The van der Waals surface area contributed by atoms with Crippen molar-refractivity contribution in [2.45, 2.75) is 43.5 Å². The van der Waals surface area contributed by atoms with Crippen molar-refractivity contribution >= 4 is 5.97 Å². The number of carbonyl (C=O) groups is 1. The van der Waals surface area contributed by atoms with Crippen LogP contribution in [0.2, 0.25) is 0 Å². The number of aliphatic hydroxyl groups is 1. The van der Waals surface area contributed by atoms with Crippen LogP contribution in [0.15, 0.2) is 30.3 Å². The number of aliphatic hydroxyl groups excluding tert-OH is 1. The molecule has 2 saturated carbocycles. The summed E-state index contributed by atoms with van der Waals surface area (Å²) in [5.41, 5.74) is 0.815. The maximum atomic E-state index is 12.4. The largest absolute Gasteiger partial charge is 0.462 e. The molecule has 5 nitrogen and oxygen atoms in total. The minimum Gasteiger partial charge on any atom is -0.462 e. The third-order valence-corrected chi connectivity index (χ3v) is 5.18. The van der Waals surface area contributed by atoms with E-state index in [0.717, 1.165) is 18.4 Å². The lowest BCUT2D eigenvalue weighted by molar-refractivity contribution is -0.155. The number of rotatable bonds is 4. The number of nitrogens with one attached hydrogen (secondary N) is 1. The highest BCUT2D eigenvalue weighted by atomic mass is 16.6. The zero-order valence-electron chi connectivity index (χ0n) is 14.4. The van der Waals surface area contributed by atoms with E-state index in [4.69, 9.17) is 9.47 Å². The van der Waals surface area contributed by atoms with Crippen molar-refractivity contribution in [3.05, 3.63) is 35.9 Å². The molecule has 6 atom stereocenters. The zero-order valence-corrected chi connectivity index (χ0v) is 14.4. The predicted octanol–water partition coefficient (Wildman–Crippen LogP) is 1.71. The molecule has 1 saturated heterocycles. The molecular weight excluding hydrogens is 306 g/mol. The van der Waals surface area contributed by atoms with Crippen molar-refractivity contribution in [2.75, 3.05) is 20.7 Å². The van der Waals surface area contributed by atoms with Crippen molar-refractivity contribution < 1.29 is 19.4 Å². The Balaban J connectivity index is 0.000000526. The highest BCUT2D eigenvalue weighted by Gasteiger charge is 2.59. The molecule has 2 N–H and O–H groups in total. The van der Waals surface area contributed by atoms with Crippen LogP contribution in [-0.2, 0) is 14.3 Å². The first-order valence-electron chi connectivity index (χ1n) is 8.78. The Morgan fingerprint density at radius 3 is 2.33 bits per heavy atom. The molecule has 24 heavy (non-hydrogen) atoms. The molecule has 3 aliphatic rings. The lowest BCUT2D eigenvalue weighted by Crippen LogP contribution is -2.32. The van der Waals surface area contributed by atoms with E-state index >= 15 is 0 Å². The fourth-order valence-electron chi connectivity index (χ4n) is 4.13. The van der Waals surface area contributed by atoms with Gasteiger partial charge in [0.15, 0.2) is 0 Å². The fraction of sp³-hybridized carbons (Fsp3) is 0.632. The Morgan fingerprint density at radius 1 is 1.21 bits per heavy atom. The van der Waals surface area contributed by atoms with E-state index in [1.54, 1.807) is 0 Å². The molecule has 0 radical (unpaired) electrons. The Hall–Kier alpha value is -1.43. The minimum absolute atomic E-state index is 0.00425. The van der Waals surface area contributed by atoms with Crippen LogP contribution < -0.4 is 5.32 Å². The van der Waals surface area contributed by atoms with Crippen LogP contribution in [0.3, 0.4) is 0 Å². The van der Waals surface area contributed by atoms with E-state index < -0.39 is 5.92 Å². The van der Waals surface area contributed by atoms with Crippen molar-refractivity contribution in [1.82, 2.24) is 5.32 Å². The molecular formula is C19H27NO4. The van der Waals surface area contributed by atoms with Gasteiger partial charge < -0.3 is 19.9 Å². The summed E-state index contributed by atoms with van der Waals surface area (Å²) >= 11 is 0. The fourth-order valence-corrected chi connectivity index (χ4v) is 4.13. The smallest absolute Gasteiger partial charge is 0.316 e. The Bertz CT molecular complexity index is 534. The van der Waals surface area contributed by atoms with Crippen molar-refractivity contribution in [3.63, 3.8) is 0 Å². The number of esters is 1. The van der Waals surface area contributed by atoms with Crippen molar-refractivity contribution in [2.24, 2.45) is 11.8 Å². The topological polar surface area (TPSA) is 71.1 Å². The number of fused-ring (bicyclic) bond motifs is 5. The second-order valence-electron chi connectivity index (χ2n) is 7.00. The first kappa shape index (κ1) is 17.4. The molecule has 0 spiro atoms. The van der Waals surface area contributed by atoms with Gasteiger partial charge in [-0.3, -0.25) is 4.79 Å². The number of benzene rings is 1. The molecule has 2 aliphatic carbocycles. The van der Waals surface area contributed by atoms with Crippen LogP contribution in [0, 0.1) is 11.8 Å². The molecule has 1 aromatic carbocycles. The second-order valence-corrected chi connectivity index (χ2v) is 7.00. The van der Waals surface area contributed by atoms with Crippen LogP contribution >= 0.6 is 0 Å². The van der Waals surface area contributed by atoms with E-state index in [0.29, 0.717) is 24.0 Å². The quantitative estimate of drug-likeness (QED) is 0.648. The molecule has 0 aromatic heterocycles. The Kier molecular flexibility index (Phi) is 5.54. The predicted molar refractivity (Wildman–Crippen MR) is 90.6 cm³/mol. The summed E-state index contributed by atoms with van der Waals surface area (Å²) in [4.78, 5) is 12.4. The average molecular weight is 333 g/mol. The summed E-state index contributed by atoms with van der Waals surface area (Å²) in [5, 5.41) is 12.3. The van der Waals surface area contributed by atoms with Crippen LogP contribution in [-0.4, -0.2) is 50.1 Å². The monoisotopic (exact) mass is 333 g/mol. The second kappa shape index (κ2) is 7.64. The molecule has 132 valence electrons. The SMILES string of the molecule is CNC.O=C(OC1CC2C[C@@H](C1)C1OC21)C(CO)c1ccccc1. The maximum Gasteiger partial charge on any atom is 0.316 e. The number of carbonyl (C=O) groups excluding carboxylic acids is 1. The van der Waals surface area contributed by atoms with Gasteiger partial charge in [0.2, 0.25) is 0 Å². The van der Waals surface area contributed by atoms with Gasteiger partial charge in [-0.25, -0.2) is 0 Å². The van der Waals surface area contributed by atoms with E-state index in [2.05, 4.69) is 5.32 Å². The molecule has 1 aromatic rings. The van der Waals surface area contributed by atoms with E-state index in [9.17, 15) is 9.90 Å². The van der Waals surface area contributed by atoms with Gasteiger partial charge in [0.1, 0.15) is 12.0 Å². The number of hydrogen-bond acceptors (Lipinski definition) is 5. The lowest BCUT2D eigenvalue weighted by Gasteiger charge is -2.30. The third-order valence-electron chi connectivity index (χ3n) is 5.18. The highest BCUT2D eigenvalue weighted by molar-refractivity contribution is 5.78. The molecule has 5 heteroatoms. The molecule has 0 amide bonds. The normalized spacial score (nSPS) is 33.7. The highest BCUT2D eigenvalue weighted by Crippen LogP contribution is 2.54. The van der Waals surface area contributed by atoms with Gasteiger partial charge >= 0.3 is 5.97 Å². The van der Waals surface area contributed by atoms with Crippen LogP contribution in [0.4, 0.5) is 0 Å². The van der Waals surface area contributed by atoms with E-state index in [-0.39, 0.29) is 18.7 Å². The standard InChI is InChI=1S/C17H20O4.C2H7N/c18-9-14(10-4-2-1-3-5-10)17(19)20-13-7-11-6-12(8-13)16-15(11)21-16;1-3-2/h1-5,11-16,18H,6-9H2;3H,1-2H3/t11-,12?,13?,14?,15?,16?;/m0./s1. The summed E-state index contributed by atoms with van der Waals surface area (Å²) in [6, 6.07) is 9.35. The summed E-state index contributed by atoms with van der Waals surface area (Å²) in [6.45, 7) is -0.212. The van der Waals surface area contributed by atoms with Gasteiger partial charge in [0.25, 0.3) is 0 Å². The molecule has 3 fully saturated rings. The van der Waals surface area contributed by atoms with Gasteiger partial charge in [-0.05, 0) is 50.8 Å². The zero-order chi connectivity index (χ0) is 17.1.